The number of nitrogens with zero attached hydrogens (tertiary/aromatic N) is 2. The monoisotopic (exact) mass is 266 g/mol. The van der Waals surface area contributed by atoms with Gasteiger partial charge in [0.2, 0.25) is 0 Å². The van der Waals surface area contributed by atoms with E-state index in [0.29, 0.717) is 11.1 Å². The van der Waals surface area contributed by atoms with E-state index in [2.05, 4.69) is 9.97 Å². The Morgan fingerprint density at radius 2 is 1.89 bits per heavy atom. The Bertz CT molecular complexity index is 591. The summed E-state index contributed by atoms with van der Waals surface area (Å²) in [6, 6.07) is 4.50. The van der Waals surface area contributed by atoms with Gasteiger partial charge in [-0.15, -0.1) is 0 Å². The van der Waals surface area contributed by atoms with Crippen LogP contribution in [0.15, 0.2) is 30.6 Å². The number of pyridine rings is 2. The maximum Gasteiger partial charge on any atom is 0.433 e. The molecule has 0 amide bonds. The van der Waals surface area contributed by atoms with Crippen molar-refractivity contribution in [3.8, 4) is 11.1 Å². The molecule has 0 aliphatic carbocycles. The van der Waals surface area contributed by atoms with Gasteiger partial charge in [-0.1, -0.05) is 6.92 Å². The van der Waals surface area contributed by atoms with Crippen LogP contribution in [0.1, 0.15) is 23.9 Å². The van der Waals surface area contributed by atoms with Crippen LogP contribution in [-0.2, 0) is 12.6 Å². The predicted molar refractivity (Wildman–Crippen MR) is 66.6 cm³/mol. The molecule has 2 rings (SSSR count). The lowest BCUT2D eigenvalue weighted by molar-refractivity contribution is -0.141. The summed E-state index contributed by atoms with van der Waals surface area (Å²) < 4.78 is 37.9. The van der Waals surface area contributed by atoms with E-state index in [1.165, 1.54) is 6.20 Å². The van der Waals surface area contributed by atoms with Gasteiger partial charge in [0, 0.05) is 23.7 Å². The number of rotatable bonds is 2. The van der Waals surface area contributed by atoms with Gasteiger partial charge < -0.3 is 0 Å². The smallest absolute Gasteiger partial charge is 0.261 e. The third-order valence-corrected chi connectivity index (χ3v) is 2.89. The highest BCUT2D eigenvalue weighted by Crippen LogP contribution is 2.31. The fourth-order valence-corrected chi connectivity index (χ4v) is 1.86. The Kier molecular flexibility index (Phi) is 3.55. The molecule has 0 atom stereocenters. The van der Waals surface area contributed by atoms with Crippen LogP contribution < -0.4 is 0 Å². The van der Waals surface area contributed by atoms with Gasteiger partial charge in [-0.25, -0.2) is 0 Å². The highest BCUT2D eigenvalue weighted by atomic mass is 19.4. The summed E-state index contributed by atoms with van der Waals surface area (Å²) in [5.74, 6) is 0. The van der Waals surface area contributed by atoms with E-state index >= 15 is 0 Å². The van der Waals surface area contributed by atoms with Gasteiger partial charge in [-0.05, 0) is 42.7 Å². The van der Waals surface area contributed by atoms with Crippen molar-refractivity contribution in [2.75, 3.05) is 0 Å². The van der Waals surface area contributed by atoms with Crippen molar-refractivity contribution in [3.05, 3.63) is 47.5 Å². The highest BCUT2D eigenvalue weighted by Gasteiger charge is 2.32. The third-order valence-electron chi connectivity index (χ3n) is 2.89. The number of alkyl halides is 3. The van der Waals surface area contributed by atoms with Gasteiger partial charge in [0.15, 0.2) is 0 Å². The van der Waals surface area contributed by atoms with E-state index in [1.807, 2.05) is 19.9 Å². The van der Waals surface area contributed by atoms with Gasteiger partial charge in [0.05, 0.1) is 0 Å². The molecule has 0 aromatic carbocycles. The summed E-state index contributed by atoms with van der Waals surface area (Å²) in [6.45, 7) is 3.85. The average Bonchev–Trinajstić information content (AvgIpc) is 2.37. The lowest BCUT2D eigenvalue weighted by atomic mass is 10.0. The number of hydrogen-bond donors (Lipinski definition) is 0. The molecule has 2 aromatic heterocycles. The molecule has 0 N–H and O–H groups in total. The molecule has 0 unspecified atom stereocenters. The summed E-state index contributed by atoms with van der Waals surface area (Å²) in [5.41, 5.74) is 2.13. The van der Waals surface area contributed by atoms with Crippen molar-refractivity contribution >= 4 is 0 Å². The Morgan fingerprint density at radius 3 is 2.47 bits per heavy atom. The van der Waals surface area contributed by atoms with Crippen molar-refractivity contribution in [3.63, 3.8) is 0 Å². The van der Waals surface area contributed by atoms with E-state index in [4.69, 9.17) is 0 Å². The molecule has 0 radical (unpaired) electrons. The van der Waals surface area contributed by atoms with Gasteiger partial charge in [-0.3, -0.25) is 9.97 Å². The molecule has 2 nitrogen and oxygen atoms in total. The normalized spacial score (nSPS) is 11.6. The fraction of sp³-hybridized carbons (Fsp3) is 0.286. The zero-order valence-electron chi connectivity index (χ0n) is 10.6. The molecular formula is C14H13F3N2. The standard InChI is InChI=1S/C14H13F3N2/c1-3-11-6-9(2)12(8-19-11)10-4-5-18-13(7-10)14(15,16)17/h4-8H,3H2,1-2H3. The zero-order valence-corrected chi connectivity index (χ0v) is 10.6. The van der Waals surface area contributed by atoms with Gasteiger partial charge in [-0.2, -0.15) is 13.2 Å². The lowest BCUT2D eigenvalue weighted by Gasteiger charge is -2.10. The maximum atomic E-state index is 12.6. The molecule has 19 heavy (non-hydrogen) atoms. The number of aromatic nitrogens is 2. The van der Waals surface area contributed by atoms with Crippen LogP contribution in [0.2, 0.25) is 0 Å². The summed E-state index contributed by atoms with van der Waals surface area (Å²) >= 11 is 0. The minimum absolute atomic E-state index is 0.481. The van der Waals surface area contributed by atoms with Crippen molar-refractivity contribution in [1.29, 1.82) is 0 Å². The lowest BCUT2D eigenvalue weighted by Crippen LogP contribution is -2.07. The summed E-state index contributed by atoms with van der Waals surface area (Å²) in [6.07, 6.45) is -0.846. The molecular weight excluding hydrogens is 253 g/mol. The van der Waals surface area contributed by atoms with E-state index in [1.54, 1.807) is 12.3 Å². The molecule has 0 bridgehead atoms. The summed E-state index contributed by atoms with van der Waals surface area (Å²) in [4.78, 5) is 7.58. The SMILES string of the molecule is CCc1cc(C)c(-c2ccnc(C(F)(F)F)c2)cn1. The first-order chi connectivity index (χ1) is 8.91. The number of halogens is 3. The maximum absolute atomic E-state index is 12.6. The predicted octanol–water partition coefficient (Wildman–Crippen LogP) is 4.03. The van der Waals surface area contributed by atoms with E-state index < -0.39 is 11.9 Å². The van der Waals surface area contributed by atoms with Gasteiger partial charge in [0.1, 0.15) is 5.69 Å². The van der Waals surface area contributed by atoms with E-state index in [-0.39, 0.29) is 0 Å². The first kappa shape index (κ1) is 13.5. The van der Waals surface area contributed by atoms with Crippen molar-refractivity contribution in [2.45, 2.75) is 26.4 Å². The quantitative estimate of drug-likeness (QED) is 0.820. The molecule has 0 aliphatic heterocycles. The number of hydrogen-bond acceptors (Lipinski definition) is 2. The minimum atomic E-state index is -4.43. The Labute approximate surface area is 109 Å². The topological polar surface area (TPSA) is 25.8 Å². The van der Waals surface area contributed by atoms with Crippen LogP contribution in [0.25, 0.3) is 11.1 Å². The van der Waals surface area contributed by atoms with Crippen molar-refractivity contribution < 1.29 is 13.2 Å². The first-order valence-corrected chi connectivity index (χ1v) is 5.91. The van der Waals surface area contributed by atoms with Crippen LogP contribution in [0, 0.1) is 6.92 Å². The zero-order chi connectivity index (χ0) is 14.0. The Hall–Kier alpha value is -1.91. The Balaban J connectivity index is 2.48. The van der Waals surface area contributed by atoms with Crippen LogP contribution >= 0.6 is 0 Å². The molecule has 2 heterocycles. The van der Waals surface area contributed by atoms with E-state index in [0.717, 1.165) is 23.7 Å². The molecule has 0 aliphatic rings. The van der Waals surface area contributed by atoms with Crippen molar-refractivity contribution in [2.24, 2.45) is 0 Å². The molecule has 2 aromatic rings. The molecule has 5 heteroatoms. The highest BCUT2D eigenvalue weighted by molar-refractivity contribution is 5.66. The largest absolute Gasteiger partial charge is 0.433 e. The van der Waals surface area contributed by atoms with E-state index in [9.17, 15) is 13.2 Å². The summed E-state index contributed by atoms with van der Waals surface area (Å²) in [7, 11) is 0. The van der Waals surface area contributed by atoms with Gasteiger partial charge in [0.25, 0.3) is 0 Å². The molecule has 0 saturated carbocycles. The van der Waals surface area contributed by atoms with Crippen molar-refractivity contribution in [1.82, 2.24) is 9.97 Å². The average molecular weight is 266 g/mol. The number of aryl methyl sites for hydroxylation is 2. The van der Waals surface area contributed by atoms with Crippen LogP contribution in [0.5, 0.6) is 0 Å². The third kappa shape index (κ3) is 2.92. The second-order valence-corrected chi connectivity index (χ2v) is 4.27. The van der Waals surface area contributed by atoms with Crippen LogP contribution in [-0.4, -0.2) is 9.97 Å². The second-order valence-electron chi connectivity index (χ2n) is 4.27. The summed E-state index contributed by atoms with van der Waals surface area (Å²) in [5, 5.41) is 0. The van der Waals surface area contributed by atoms with Crippen LogP contribution in [0.4, 0.5) is 13.2 Å². The fourth-order valence-electron chi connectivity index (χ4n) is 1.86. The second kappa shape index (κ2) is 4.99. The minimum Gasteiger partial charge on any atom is -0.261 e. The molecule has 0 saturated heterocycles. The molecule has 0 spiro atoms. The van der Waals surface area contributed by atoms with Crippen LogP contribution in [0.3, 0.4) is 0 Å². The van der Waals surface area contributed by atoms with Gasteiger partial charge >= 0.3 is 6.18 Å². The molecule has 0 fully saturated rings. The Morgan fingerprint density at radius 1 is 1.16 bits per heavy atom. The molecule has 100 valence electrons. The first-order valence-electron chi connectivity index (χ1n) is 5.91.